The zero-order valence-electron chi connectivity index (χ0n) is 20.3. The van der Waals surface area contributed by atoms with Crippen LogP contribution >= 0.6 is 11.6 Å². The molecule has 3 aromatic rings. The van der Waals surface area contributed by atoms with Crippen molar-refractivity contribution in [1.82, 2.24) is 5.32 Å². The van der Waals surface area contributed by atoms with Crippen molar-refractivity contribution in [2.24, 2.45) is 0 Å². The van der Waals surface area contributed by atoms with E-state index in [1.54, 1.807) is 36.4 Å². The van der Waals surface area contributed by atoms with Crippen LogP contribution < -0.4 is 19.7 Å². The van der Waals surface area contributed by atoms with E-state index in [2.05, 4.69) is 23.5 Å². The molecular weight excluding hydrogens is 480 g/mol. The van der Waals surface area contributed by atoms with E-state index in [0.717, 1.165) is 27.2 Å². The summed E-state index contributed by atoms with van der Waals surface area (Å²) in [5, 5.41) is 2.66. The molecule has 7 nitrogen and oxygen atoms in total. The highest BCUT2D eigenvalue weighted by Crippen LogP contribution is 2.33. The standard InChI is InChI=1S/C28H25ClN2O5/c1-16-9-17(2)11-18(10-16)12-22-24(29)14-19(15-25(22)36-4)13-23-26(32)30-28(34)31(27(23)33)20-5-7-21(35-3)8-6-20/h5-11,13-15H,12H2,1-4H3,(H,30,32,34)/b23-13+. The molecule has 0 bridgehead atoms. The number of hydrogen-bond donors (Lipinski definition) is 1. The van der Waals surface area contributed by atoms with Gasteiger partial charge in [-0.15, -0.1) is 0 Å². The normalized spacial score (nSPS) is 14.8. The van der Waals surface area contributed by atoms with Gasteiger partial charge < -0.3 is 9.47 Å². The fourth-order valence-electron chi connectivity index (χ4n) is 4.23. The molecule has 3 aromatic carbocycles. The first-order valence-electron chi connectivity index (χ1n) is 11.2. The van der Waals surface area contributed by atoms with Gasteiger partial charge in [-0.05, 0) is 67.4 Å². The van der Waals surface area contributed by atoms with E-state index in [0.29, 0.717) is 34.2 Å². The monoisotopic (exact) mass is 504 g/mol. The quantitative estimate of drug-likeness (QED) is 0.367. The van der Waals surface area contributed by atoms with Crippen LogP contribution in [0.25, 0.3) is 6.08 Å². The molecule has 0 radical (unpaired) electrons. The van der Waals surface area contributed by atoms with Crippen molar-refractivity contribution in [3.63, 3.8) is 0 Å². The number of benzene rings is 3. The number of hydrogen-bond acceptors (Lipinski definition) is 5. The molecule has 1 aliphatic heterocycles. The van der Waals surface area contributed by atoms with Gasteiger partial charge in [0.05, 0.1) is 19.9 Å². The van der Waals surface area contributed by atoms with Crippen molar-refractivity contribution in [1.29, 1.82) is 0 Å². The summed E-state index contributed by atoms with van der Waals surface area (Å²) >= 11 is 6.64. The van der Waals surface area contributed by atoms with Gasteiger partial charge in [0.15, 0.2) is 0 Å². The average molecular weight is 505 g/mol. The molecule has 0 aromatic heterocycles. The summed E-state index contributed by atoms with van der Waals surface area (Å²) in [5.41, 5.74) is 4.78. The summed E-state index contributed by atoms with van der Waals surface area (Å²) in [4.78, 5) is 39.1. The summed E-state index contributed by atoms with van der Waals surface area (Å²) in [6, 6.07) is 15.2. The van der Waals surface area contributed by atoms with Crippen molar-refractivity contribution in [2.75, 3.05) is 19.1 Å². The largest absolute Gasteiger partial charge is 0.497 e. The van der Waals surface area contributed by atoms with Crippen LogP contribution in [0.1, 0.15) is 27.8 Å². The number of urea groups is 1. The van der Waals surface area contributed by atoms with Gasteiger partial charge in [-0.3, -0.25) is 14.9 Å². The number of carbonyl (C=O) groups is 3. The summed E-state index contributed by atoms with van der Waals surface area (Å²) in [6.07, 6.45) is 1.95. The second-order valence-corrected chi connectivity index (χ2v) is 8.92. The van der Waals surface area contributed by atoms with Crippen LogP contribution in [0.4, 0.5) is 10.5 Å². The third-order valence-electron chi connectivity index (χ3n) is 5.80. The smallest absolute Gasteiger partial charge is 0.335 e. The van der Waals surface area contributed by atoms with Crippen LogP contribution in [-0.2, 0) is 16.0 Å². The lowest BCUT2D eigenvalue weighted by Gasteiger charge is -2.26. The minimum absolute atomic E-state index is 0.203. The van der Waals surface area contributed by atoms with E-state index in [1.807, 2.05) is 13.8 Å². The van der Waals surface area contributed by atoms with Crippen molar-refractivity contribution >= 4 is 41.2 Å². The van der Waals surface area contributed by atoms with Crippen molar-refractivity contribution in [2.45, 2.75) is 20.3 Å². The third-order valence-corrected chi connectivity index (χ3v) is 6.14. The van der Waals surface area contributed by atoms with Crippen molar-refractivity contribution < 1.29 is 23.9 Å². The highest BCUT2D eigenvalue weighted by molar-refractivity contribution is 6.39. The Balaban J connectivity index is 1.69. The summed E-state index contributed by atoms with van der Waals surface area (Å²) in [6.45, 7) is 4.08. The van der Waals surface area contributed by atoms with E-state index in [4.69, 9.17) is 21.1 Å². The van der Waals surface area contributed by atoms with Crippen LogP contribution in [-0.4, -0.2) is 32.1 Å². The van der Waals surface area contributed by atoms with Crippen LogP contribution in [0.2, 0.25) is 5.02 Å². The van der Waals surface area contributed by atoms with Crippen LogP contribution in [0, 0.1) is 13.8 Å². The molecule has 1 saturated heterocycles. The first kappa shape index (κ1) is 25.0. The highest BCUT2D eigenvalue weighted by atomic mass is 35.5. The van der Waals surface area contributed by atoms with Gasteiger partial charge in [-0.25, -0.2) is 9.69 Å². The number of amides is 4. The summed E-state index contributed by atoms with van der Waals surface area (Å²) < 4.78 is 10.7. The molecule has 4 rings (SSSR count). The van der Waals surface area contributed by atoms with E-state index in [1.165, 1.54) is 20.3 Å². The maximum absolute atomic E-state index is 13.2. The first-order valence-corrected chi connectivity index (χ1v) is 11.6. The molecule has 4 amide bonds. The van der Waals surface area contributed by atoms with Crippen molar-refractivity contribution in [3.8, 4) is 11.5 Å². The Kier molecular flexibility index (Phi) is 7.12. The second-order valence-electron chi connectivity index (χ2n) is 8.51. The van der Waals surface area contributed by atoms with Crippen LogP contribution in [0.5, 0.6) is 11.5 Å². The van der Waals surface area contributed by atoms with Gasteiger partial charge in [0.1, 0.15) is 17.1 Å². The Morgan fingerprint density at radius 2 is 1.58 bits per heavy atom. The predicted octanol–water partition coefficient (Wildman–Crippen LogP) is 5.23. The summed E-state index contributed by atoms with van der Waals surface area (Å²) in [5.74, 6) is -0.439. The predicted molar refractivity (Wildman–Crippen MR) is 139 cm³/mol. The maximum Gasteiger partial charge on any atom is 0.335 e. The molecule has 0 unspecified atom stereocenters. The fraction of sp³-hybridized carbons (Fsp3) is 0.179. The molecule has 1 fully saturated rings. The molecular formula is C28H25ClN2O5. The topological polar surface area (TPSA) is 84.9 Å². The number of halogens is 1. The van der Waals surface area contributed by atoms with Gasteiger partial charge in [-0.2, -0.15) is 0 Å². The number of barbiturate groups is 1. The van der Waals surface area contributed by atoms with E-state index in [-0.39, 0.29) is 5.57 Å². The van der Waals surface area contributed by atoms with Gasteiger partial charge >= 0.3 is 6.03 Å². The molecule has 0 saturated carbocycles. The molecule has 1 aliphatic rings. The second kappa shape index (κ2) is 10.3. The van der Waals surface area contributed by atoms with Gasteiger partial charge in [0, 0.05) is 17.0 Å². The Bertz CT molecular complexity index is 1380. The molecule has 184 valence electrons. The van der Waals surface area contributed by atoms with Crippen LogP contribution in [0.15, 0.2) is 60.2 Å². The first-order chi connectivity index (χ1) is 17.2. The summed E-state index contributed by atoms with van der Waals surface area (Å²) in [7, 11) is 3.05. The Labute approximate surface area is 214 Å². The number of carbonyl (C=O) groups excluding carboxylic acids is 3. The molecule has 0 atom stereocenters. The maximum atomic E-state index is 13.2. The number of methoxy groups -OCH3 is 2. The number of ether oxygens (including phenoxy) is 2. The van der Waals surface area contributed by atoms with Crippen molar-refractivity contribution in [3.05, 3.63) is 93.0 Å². The lowest BCUT2D eigenvalue weighted by molar-refractivity contribution is -0.122. The third kappa shape index (κ3) is 5.11. The van der Waals surface area contributed by atoms with Crippen LogP contribution in [0.3, 0.4) is 0 Å². The number of anilines is 1. The fourth-order valence-corrected chi connectivity index (χ4v) is 4.52. The molecule has 1 heterocycles. The number of nitrogens with one attached hydrogen (secondary N) is 1. The molecule has 36 heavy (non-hydrogen) atoms. The SMILES string of the molecule is COc1ccc(N2C(=O)NC(=O)/C(=C\c3cc(Cl)c(Cc4cc(C)cc(C)c4)c(OC)c3)C2=O)cc1. The van der Waals surface area contributed by atoms with E-state index < -0.39 is 17.8 Å². The minimum Gasteiger partial charge on any atom is -0.497 e. The zero-order valence-corrected chi connectivity index (χ0v) is 21.1. The zero-order chi connectivity index (χ0) is 26.0. The number of rotatable bonds is 6. The average Bonchev–Trinajstić information content (AvgIpc) is 2.83. The number of nitrogens with zero attached hydrogens (tertiary/aromatic N) is 1. The Morgan fingerprint density at radius 1 is 0.917 bits per heavy atom. The molecule has 0 aliphatic carbocycles. The van der Waals surface area contributed by atoms with Gasteiger partial charge in [-0.1, -0.05) is 40.9 Å². The Hall–Kier alpha value is -4.10. The number of imide groups is 2. The van der Waals surface area contributed by atoms with E-state index in [9.17, 15) is 14.4 Å². The molecule has 8 heteroatoms. The lowest BCUT2D eigenvalue weighted by atomic mass is 9.98. The molecule has 0 spiro atoms. The molecule has 1 N–H and O–H groups in total. The number of aryl methyl sites for hydroxylation is 2. The van der Waals surface area contributed by atoms with Gasteiger partial charge in [0.2, 0.25) is 0 Å². The minimum atomic E-state index is -0.827. The lowest BCUT2D eigenvalue weighted by Crippen LogP contribution is -2.54. The van der Waals surface area contributed by atoms with E-state index >= 15 is 0 Å². The van der Waals surface area contributed by atoms with Gasteiger partial charge in [0.25, 0.3) is 11.8 Å². The Morgan fingerprint density at radius 3 is 2.19 bits per heavy atom. The highest BCUT2D eigenvalue weighted by Gasteiger charge is 2.36.